The van der Waals surface area contributed by atoms with Gasteiger partial charge in [-0.05, 0) is 80.2 Å². The molecule has 1 N–H and O–H groups in total. The third-order valence-electron chi connectivity index (χ3n) is 6.55. The van der Waals surface area contributed by atoms with Gasteiger partial charge in [0.25, 0.3) is 0 Å². The van der Waals surface area contributed by atoms with Crippen LogP contribution in [-0.2, 0) is 11.2 Å². The Morgan fingerprint density at radius 2 is 1.93 bits per heavy atom. The van der Waals surface area contributed by atoms with E-state index in [4.69, 9.17) is 4.98 Å². The van der Waals surface area contributed by atoms with Gasteiger partial charge in [-0.3, -0.25) is 4.79 Å². The Bertz CT molecular complexity index is 705. The summed E-state index contributed by atoms with van der Waals surface area (Å²) in [5.41, 5.74) is 3.55. The van der Waals surface area contributed by atoms with Crippen LogP contribution in [0.2, 0.25) is 0 Å². The average Bonchev–Trinajstić information content (AvgIpc) is 2.54. The lowest BCUT2D eigenvalue weighted by molar-refractivity contribution is -0.117. The molecule has 0 atom stereocenters. The van der Waals surface area contributed by atoms with E-state index in [-0.39, 0.29) is 11.3 Å². The van der Waals surface area contributed by atoms with Crippen molar-refractivity contribution >= 4 is 17.4 Å². The summed E-state index contributed by atoms with van der Waals surface area (Å²) in [5, 5.41) is 3.06. The van der Waals surface area contributed by atoms with Crippen LogP contribution in [0.5, 0.6) is 0 Å². The smallest absolute Gasteiger partial charge is 0.226 e. The van der Waals surface area contributed by atoms with Crippen molar-refractivity contribution in [2.75, 3.05) is 23.3 Å². The maximum Gasteiger partial charge on any atom is 0.226 e. The van der Waals surface area contributed by atoms with Crippen LogP contribution < -0.4 is 10.2 Å². The molecule has 1 aromatic heterocycles. The number of rotatable bonds is 4. The van der Waals surface area contributed by atoms with Gasteiger partial charge in [-0.2, -0.15) is 0 Å². The van der Waals surface area contributed by atoms with Gasteiger partial charge in [-0.15, -0.1) is 0 Å². The summed E-state index contributed by atoms with van der Waals surface area (Å²) in [4.78, 5) is 19.8. The number of hydrogen-bond acceptors (Lipinski definition) is 3. The fraction of sp³-hybridized carbons (Fsp3) is 0.739. The van der Waals surface area contributed by atoms with Crippen molar-refractivity contribution in [3.05, 3.63) is 17.3 Å². The van der Waals surface area contributed by atoms with Gasteiger partial charge < -0.3 is 10.2 Å². The molecule has 4 aliphatic rings. The number of aromatic nitrogens is 1. The number of carbonyl (C=O) groups is 1. The van der Waals surface area contributed by atoms with E-state index in [2.05, 4.69) is 44.0 Å². The maximum atomic E-state index is 12.3. The third-order valence-corrected chi connectivity index (χ3v) is 6.55. The van der Waals surface area contributed by atoms with Crippen LogP contribution in [-0.4, -0.2) is 24.0 Å². The number of nitrogens with zero attached hydrogens (tertiary/aromatic N) is 2. The van der Waals surface area contributed by atoms with Gasteiger partial charge in [0, 0.05) is 19.5 Å². The SMILES string of the molecule is Cc1cc2c(nc1NC(=O)CC(C)(C)C)CCCN2CC1CC2CC(C2)C1. The van der Waals surface area contributed by atoms with Gasteiger partial charge >= 0.3 is 0 Å². The van der Waals surface area contributed by atoms with Gasteiger partial charge in [0.2, 0.25) is 5.91 Å². The van der Waals surface area contributed by atoms with Gasteiger partial charge in [0.15, 0.2) is 0 Å². The molecule has 27 heavy (non-hydrogen) atoms. The highest BCUT2D eigenvalue weighted by atomic mass is 16.1. The maximum absolute atomic E-state index is 12.3. The summed E-state index contributed by atoms with van der Waals surface area (Å²) in [6.45, 7) is 10.7. The topological polar surface area (TPSA) is 45.2 Å². The molecule has 0 unspecified atom stereocenters. The number of amides is 1. The van der Waals surface area contributed by atoms with Crippen molar-refractivity contribution in [2.24, 2.45) is 23.2 Å². The largest absolute Gasteiger partial charge is 0.370 e. The Morgan fingerprint density at radius 3 is 2.59 bits per heavy atom. The molecule has 148 valence electrons. The highest BCUT2D eigenvalue weighted by molar-refractivity contribution is 5.91. The van der Waals surface area contributed by atoms with Crippen LogP contribution in [0.25, 0.3) is 0 Å². The molecular formula is C23H35N3O. The Hall–Kier alpha value is -1.58. The number of anilines is 2. The van der Waals surface area contributed by atoms with Crippen LogP contribution in [0, 0.1) is 30.1 Å². The third kappa shape index (κ3) is 4.30. The van der Waals surface area contributed by atoms with E-state index in [0.29, 0.717) is 6.42 Å². The van der Waals surface area contributed by atoms with E-state index in [1.54, 1.807) is 0 Å². The molecule has 2 bridgehead atoms. The molecule has 0 spiro atoms. The van der Waals surface area contributed by atoms with E-state index in [9.17, 15) is 4.79 Å². The van der Waals surface area contributed by atoms with Gasteiger partial charge in [0.05, 0.1) is 11.4 Å². The molecule has 5 rings (SSSR count). The van der Waals surface area contributed by atoms with E-state index in [1.165, 1.54) is 43.6 Å². The van der Waals surface area contributed by atoms with Crippen LogP contribution in [0.1, 0.15) is 70.6 Å². The van der Waals surface area contributed by atoms with Crippen LogP contribution >= 0.6 is 0 Å². The lowest BCUT2D eigenvalue weighted by Crippen LogP contribution is -2.41. The fourth-order valence-electron chi connectivity index (χ4n) is 5.39. The number of nitrogens with one attached hydrogen (secondary N) is 1. The van der Waals surface area contributed by atoms with Crippen molar-refractivity contribution in [1.82, 2.24) is 4.98 Å². The van der Waals surface area contributed by atoms with Crippen molar-refractivity contribution in [3.8, 4) is 0 Å². The molecule has 0 radical (unpaired) electrons. The highest BCUT2D eigenvalue weighted by Gasteiger charge is 2.38. The second kappa shape index (κ2) is 7.10. The Morgan fingerprint density at radius 1 is 1.22 bits per heavy atom. The number of hydrogen-bond donors (Lipinski definition) is 1. The van der Waals surface area contributed by atoms with Crippen molar-refractivity contribution in [1.29, 1.82) is 0 Å². The van der Waals surface area contributed by atoms with Gasteiger partial charge in [-0.1, -0.05) is 20.8 Å². The summed E-state index contributed by atoms with van der Waals surface area (Å²) in [5.74, 6) is 3.70. The molecule has 3 fully saturated rings. The quantitative estimate of drug-likeness (QED) is 0.816. The molecule has 2 heterocycles. The minimum Gasteiger partial charge on any atom is -0.370 e. The highest BCUT2D eigenvalue weighted by Crippen LogP contribution is 2.48. The molecular weight excluding hydrogens is 334 g/mol. The number of carbonyl (C=O) groups excluding carboxylic acids is 1. The van der Waals surface area contributed by atoms with Crippen molar-refractivity contribution in [3.63, 3.8) is 0 Å². The van der Waals surface area contributed by atoms with Crippen molar-refractivity contribution in [2.45, 2.75) is 72.6 Å². The molecule has 4 nitrogen and oxygen atoms in total. The Labute approximate surface area is 164 Å². The predicted octanol–water partition coefficient (Wildman–Crippen LogP) is 4.95. The molecule has 1 amide bonds. The first-order valence-corrected chi connectivity index (χ1v) is 10.8. The number of aryl methyl sites for hydroxylation is 2. The van der Waals surface area contributed by atoms with Crippen LogP contribution in [0.4, 0.5) is 11.5 Å². The molecule has 3 aliphatic carbocycles. The monoisotopic (exact) mass is 369 g/mol. The lowest BCUT2D eigenvalue weighted by Gasteiger charge is -2.47. The summed E-state index contributed by atoms with van der Waals surface area (Å²) in [7, 11) is 0. The van der Waals surface area contributed by atoms with Gasteiger partial charge in [0.1, 0.15) is 5.82 Å². The lowest BCUT2D eigenvalue weighted by atomic mass is 9.61. The summed E-state index contributed by atoms with van der Waals surface area (Å²) in [6.07, 6.45) is 8.53. The average molecular weight is 370 g/mol. The first kappa shape index (κ1) is 18.8. The number of pyridine rings is 1. The Balaban J connectivity index is 1.47. The molecule has 4 heteroatoms. The normalized spacial score (nSPS) is 27.0. The standard InChI is InChI=1S/C23H35N3O/c1-15-8-20-19(24-22(15)25-21(27)13-23(2,3)4)6-5-7-26(20)14-18-11-16-9-17(10-16)12-18/h8,16-18H,5-7,9-14H2,1-4H3,(H,24,25,27). The summed E-state index contributed by atoms with van der Waals surface area (Å²) in [6, 6.07) is 2.26. The van der Waals surface area contributed by atoms with E-state index in [0.717, 1.165) is 48.5 Å². The molecule has 3 saturated carbocycles. The minimum atomic E-state index is -0.0102. The molecule has 0 saturated heterocycles. The van der Waals surface area contributed by atoms with Crippen LogP contribution in [0.3, 0.4) is 0 Å². The zero-order valence-corrected chi connectivity index (χ0v) is 17.5. The molecule has 1 aromatic rings. The van der Waals surface area contributed by atoms with E-state index >= 15 is 0 Å². The van der Waals surface area contributed by atoms with E-state index < -0.39 is 0 Å². The first-order valence-electron chi connectivity index (χ1n) is 10.8. The zero-order valence-electron chi connectivity index (χ0n) is 17.5. The zero-order chi connectivity index (χ0) is 19.2. The first-order chi connectivity index (χ1) is 12.8. The van der Waals surface area contributed by atoms with Crippen molar-refractivity contribution < 1.29 is 4.79 Å². The number of fused-ring (bicyclic) bond motifs is 3. The summed E-state index contributed by atoms with van der Waals surface area (Å²) >= 11 is 0. The predicted molar refractivity (Wildman–Crippen MR) is 111 cm³/mol. The second-order valence-corrected chi connectivity index (χ2v) is 10.5. The van der Waals surface area contributed by atoms with Gasteiger partial charge in [-0.25, -0.2) is 4.98 Å². The minimum absolute atomic E-state index is 0.0102. The molecule has 1 aliphatic heterocycles. The van der Waals surface area contributed by atoms with E-state index in [1.807, 2.05) is 0 Å². The second-order valence-electron chi connectivity index (χ2n) is 10.5. The summed E-state index contributed by atoms with van der Waals surface area (Å²) < 4.78 is 0. The molecule has 0 aromatic carbocycles. The fourth-order valence-corrected chi connectivity index (χ4v) is 5.39. The van der Waals surface area contributed by atoms with Crippen LogP contribution in [0.15, 0.2) is 6.07 Å². The Kier molecular flexibility index (Phi) is 4.94.